The summed E-state index contributed by atoms with van der Waals surface area (Å²) in [6, 6.07) is 16.2. The van der Waals surface area contributed by atoms with Gasteiger partial charge in [-0.2, -0.15) is 0 Å². The summed E-state index contributed by atoms with van der Waals surface area (Å²) in [5.41, 5.74) is 2.13. The maximum atomic E-state index is 13.8. The predicted octanol–water partition coefficient (Wildman–Crippen LogP) is 5.07. The molecular formula is C26H18BrIN2O4S2. The first-order valence-electron chi connectivity index (χ1n) is 10.9. The summed E-state index contributed by atoms with van der Waals surface area (Å²) in [7, 11) is 0. The monoisotopic (exact) mass is 692 g/mol. The van der Waals surface area contributed by atoms with Crippen LogP contribution in [-0.2, 0) is 9.53 Å². The largest absolute Gasteiger partial charge is 0.506 e. The lowest BCUT2D eigenvalue weighted by Crippen LogP contribution is -2.39. The van der Waals surface area contributed by atoms with E-state index in [1.54, 1.807) is 29.7 Å². The van der Waals surface area contributed by atoms with Gasteiger partial charge in [0.25, 0.3) is 5.56 Å². The molecule has 0 radical (unpaired) electrons. The van der Waals surface area contributed by atoms with Crippen molar-refractivity contribution in [2.75, 3.05) is 6.61 Å². The molecule has 0 bridgehead atoms. The third-order valence-corrected chi connectivity index (χ3v) is 8.86. The minimum atomic E-state index is -0.663. The molecule has 0 fully saturated rings. The SMILES string of the molecule is CCOC(=O)C1=C(c2ccccc2)N=c2s/c(=C\c3cc(Br)c(O)c(I)c3)c(=O)n2[C@H]1c1cccs1. The van der Waals surface area contributed by atoms with E-state index in [-0.39, 0.29) is 17.9 Å². The van der Waals surface area contributed by atoms with Crippen LogP contribution in [0.5, 0.6) is 5.75 Å². The number of phenols is 1. The van der Waals surface area contributed by atoms with Crippen molar-refractivity contribution in [3.8, 4) is 5.75 Å². The van der Waals surface area contributed by atoms with Crippen LogP contribution in [0.25, 0.3) is 11.8 Å². The summed E-state index contributed by atoms with van der Waals surface area (Å²) in [6.45, 7) is 1.97. The fraction of sp³-hybridized carbons (Fsp3) is 0.115. The minimum Gasteiger partial charge on any atom is -0.506 e. The molecule has 6 nitrogen and oxygen atoms in total. The number of nitrogens with zero attached hydrogens (tertiary/aromatic N) is 2. The first-order chi connectivity index (χ1) is 17.4. The molecule has 3 heterocycles. The Morgan fingerprint density at radius 2 is 2.03 bits per heavy atom. The van der Waals surface area contributed by atoms with Crippen LogP contribution < -0.4 is 14.9 Å². The van der Waals surface area contributed by atoms with Gasteiger partial charge >= 0.3 is 5.97 Å². The molecule has 1 aliphatic rings. The van der Waals surface area contributed by atoms with Crippen LogP contribution in [-0.4, -0.2) is 22.2 Å². The van der Waals surface area contributed by atoms with E-state index in [1.807, 2.05) is 70.4 Å². The summed E-state index contributed by atoms with van der Waals surface area (Å²) in [6.07, 6.45) is 1.78. The fourth-order valence-electron chi connectivity index (χ4n) is 3.98. The van der Waals surface area contributed by atoms with Crippen molar-refractivity contribution in [3.05, 3.63) is 109 Å². The summed E-state index contributed by atoms with van der Waals surface area (Å²) < 4.78 is 8.72. The summed E-state index contributed by atoms with van der Waals surface area (Å²) in [5.74, 6) is -0.344. The summed E-state index contributed by atoms with van der Waals surface area (Å²) >= 11 is 8.15. The van der Waals surface area contributed by atoms with Gasteiger partial charge in [0.1, 0.15) is 11.8 Å². The number of hydrogen-bond acceptors (Lipinski definition) is 7. The molecule has 0 amide bonds. The lowest BCUT2D eigenvalue weighted by Gasteiger charge is -2.24. The van der Waals surface area contributed by atoms with Gasteiger partial charge in [-0.25, -0.2) is 9.79 Å². The maximum Gasteiger partial charge on any atom is 0.338 e. The molecule has 5 rings (SSSR count). The van der Waals surface area contributed by atoms with E-state index in [9.17, 15) is 14.7 Å². The summed E-state index contributed by atoms with van der Waals surface area (Å²) in [5, 5.41) is 12.0. The van der Waals surface area contributed by atoms with Crippen molar-refractivity contribution in [1.82, 2.24) is 4.57 Å². The second-order valence-electron chi connectivity index (χ2n) is 7.78. The lowest BCUT2D eigenvalue weighted by molar-refractivity contribution is -0.138. The van der Waals surface area contributed by atoms with Crippen LogP contribution in [0.3, 0.4) is 0 Å². The standard InChI is InChI=1S/C26H18BrIN2O4S2/c1-2-34-25(33)20-21(15-7-4-3-5-8-15)29-26-30(22(20)18-9-6-10-35-18)24(32)19(36-26)13-14-11-16(27)23(31)17(28)12-14/h3-13,22,31H,2H2,1H3/b19-13-/t22-/m0/s1. The molecule has 4 aromatic rings. The number of aromatic hydroxyl groups is 1. The Bertz CT molecular complexity index is 1650. The molecule has 0 spiro atoms. The number of hydrogen-bond donors (Lipinski definition) is 1. The molecule has 0 saturated carbocycles. The number of carbonyl (C=O) groups is 1. The number of aromatic nitrogens is 1. The van der Waals surface area contributed by atoms with Crippen LogP contribution in [0.4, 0.5) is 0 Å². The van der Waals surface area contributed by atoms with Gasteiger partial charge in [0.05, 0.1) is 30.5 Å². The van der Waals surface area contributed by atoms with E-state index < -0.39 is 12.0 Å². The van der Waals surface area contributed by atoms with Gasteiger partial charge in [0, 0.05) is 10.4 Å². The number of carbonyl (C=O) groups excluding carboxylic acids is 1. The Hall–Kier alpha value is -2.54. The highest BCUT2D eigenvalue weighted by molar-refractivity contribution is 14.1. The van der Waals surface area contributed by atoms with E-state index in [4.69, 9.17) is 9.73 Å². The molecule has 182 valence electrons. The first-order valence-corrected chi connectivity index (χ1v) is 14.5. The number of esters is 1. The quantitative estimate of drug-likeness (QED) is 0.234. The topological polar surface area (TPSA) is 80.9 Å². The Morgan fingerprint density at radius 3 is 2.69 bits per heavy atom. The van der Waals surface area contributed by atoms with Gasteiger partial charge < -0.3 is 9.84 Å². The minimum absolute atomic E-state index is 0.151. The normalized spacial score (nSPS) is 15.5. The van der Waals surface area contributed by atoms with E-state index in [0.717, 1.165) is 16.0 Å². The Balaban J connectivity index is 1.81. The number of benzene rings is 2. The van der Waals surface area contributed by atoms with Crippen molar-refractivity contribution in [2.45, 2.75) is 13.0 Å². The number of thiophene rings is 1. The second-order valence-corrected chi connectivity index (χ2v) is 11.8. The van der Waals surface area contributed by atoms with Gasteiger partial charge in [-0.05, 0) is 80.7 Å². The number of ether oxygens (including phenoxy) is 1. The van der Waals surface area contributed by atoms with Gasteiger partial charge in [0.2, 0.25) is 0 Å². The zero-order valence-corrected chi connectivity index (χ0v) is 24.2. The molecule has 36 heavy (non-hydrogen) atoms. The van der Waals surface area contributed by atoms with Crippen molar-refractivity contribution < 1.29 is 14.6 Å². The Kier molecular flexibility index (Phi) is 7.29. The fourth-order valence-corrected chi connectivity index (χ4v) is 7.30. The first kappa shape index (κ1) is 25.1. The van der Waals surface area contributed by atoms with Crippen LogP contribution >= 0.6 is 61.2 Å². The van der Waals surface area contributed by atoms with Gasteiger partial charge in [-0.15, -0.1) is 11.3 Å². The highest BCUT2D eigenvalue weighted by Crippen LogP contribution is 2.37. The van der Waals surface area contributed by atoms with Crippen molar-refractivity contribution in [1.29, 1.82) is 0 Å². The smallest absolute Gasteiger partial charge is 0.338 e. The number of fused-ring (bicyclic) bond motifs is 1. The third-order valence-electron chi connectivity index (χ3n) is 5.52. The molecule has 0 aliphatic carbocycles. The molecule has 0 unspecified atom stereocenters. The molecule has 1 atom stereocenters. The second kappa shape index (κ2) is 10.4. The predicted molar refractivity (Wildman–Crippen MR) is 154 cm³/mol. The van der Waals surface area contributed by atoms with E-state index in [2.05, 4.69) is 15.9 Å². The zero-order chi connectivity index (χ0) is 25.4. The van der Waals surface area contributed by atoms with Crippen molar-refractivity contribution >= 4 is 78.9 Å². The van der Waals surface area contributed by atoms with E-state index in [1.165, 1.54) is 22.7 Å². The van der Waals surface area contributed by atoms with Crippen LogP contribution in [0.2, 0.25) is 0 Å². The molecule has 0 saturated heterocycles. The highest BCUT2D eigenvalue weighted by Gasteiger charge is 2.35. The summed E-state index contributed by atoms with van der Waals surface area (Å²) in [4.78, 5) is 33.3. The van der Waals surface area contributed by atoms with Crippen molar-refractivity contribution in [2.24, 2.45) is 4.99 Å². The molecular weight excluding hydrogens is 675 g/mol. The van der Waals surface area contributed by atoms with E-state index in [0.29, 0.717) is 28.6 Å². The van der Waals surface area contributed by atoms with Gasteiger partial charge in [-0.1, -0.05) is 47.7 Å². The Morgan fingerprint density at radius 1 is 1.25 bits per heavy atom. The molecule has 2 aromatic heterocycles. The molecule has 1 N–H and O–H groups in total. The number of phenolic OH excluding ortho intramolecular Hbond substituents is 1. The third kappa shape index (κ3) is 4.62. The lowest BCUT2D eigenvalue weighted by atomic mass is 9.97. The van der Waals surface area contributed by atoms with Crippen molar-refractivity contribution in [3.63, 3.8) is 0 Å². The van der Waals surface area contributed by atoms with Crippen LogP contribution in [0.1, 0.15) is 29.0 Å². The number of thiazole rings is 1. The van der Waals surface area contributed by atoms with E-state index >= 15 is 0 Å². The average molecular weight is 693 g/mol. The zero-order valence-electron chi connectivity index (χ0n) is 18.8. The maximum absolute atomic E-state index is 13.8. The van der Waals surface area contributed by atoms with Gasteiger partial charge in [0.15, 0.2) is 4.80 Å². The highest BCUT2D eigenvalue weighted by atomic mass is 127. The molecule has 2 aromatic carbocycles. The average Bonchev–Trinajstić information content (AvgIpc) is 3.51. The van der Waals surface area contributed by atoms with Crippen LogP contribution in [0.15, 0.2) is 79.8 Å². The molecule has 10 heteroatoms. The van der Waals surface area contributed by atoms with Gasteiger partial charge in [-0.3, -0.25) is 9.36 Å². The van der Waals surface area contributed by atoms with Crippen LogP contribution in [0, 0.1) is 3.57 Å². The number of halogens is 2. The molecule has 1 aliphatic heterocycles. The number of rotatable bonds is 5. The Labute approximate surface area is 236 Å².